The van der Waals surface area contributed by atoms with Crippen LogP contribution in [0.3, 0.4) is 0 Å². The lowest BCUT2D eigenvalue weighted by molar-refractivity contribution is 0.260. The molecule has 0 aromatic heterocycles. The van der Waals surface area contributed by atoms with E-state index in [0.29, 0.717) is 12.4 Å². The zero-order chi connectivity index (χ0) is 20.6. The van der Waals surface area contributed by atoms with Crippen LogP contribution in [0.2, 0.25) is 0 Å². The molecule has 1 N–H and O–H groups in total. The zero-order valence-electron chi connectivity index (χ0n) is 17.4. The summed E-state index contributed by atoms with van der Waals surface area (Å²) in [5.41, 5.74) is 5.33. The SMILES string of the molecule is CC/C(=C(\c1ccccc1)c1ccc(OCCN(C)C)cc1O)c1ccccc1. The van der Waals surface area contributed by atoms with Crippen LogP contribution in [0.15, 0.2) is 78.9 Å². The first-order valence-electron chi connectivity index (χ1n) is 10.0. The van der Waals surface area contributed by atoms with E-state index in [1.54, 1.807) is 6.07 Å². The maximum atomic E-state index is 10.9. The number of hydrogen-bond donors (Lipinski definition) is 1. The monoisotopic (exact) mass is 387 g/mol. The summed E-state index contributed by atoms with van der Waals surface area (Å²) >= 11 is 0. The minimum absolute atomic E-state index is 0.230. The van der Waals surface area contributed by atoms with Gasteiger partial charge in [-0.3, -0.25) is 0 Å². The highest BCUT2D eigenvalue weighted by Crippen LogP contribution is 2.39. The predicted octanol–water partition coefficient (Wildman–Crippen LogP) is 5.70. The molecule has 3 nitrogen and oxygen atoms in total. The van der Waals surface area contributed by atoms with E-state index in [4.69, 9.17) is 4.74 Å². The number of phenolic OH excluding ortho intramolecular Hbond substituents is 1. The molecule has 0 heterocycles. The quantitative estimate of drug-likeness (QED) is 0.503. The zero-order valence-corrected chi connectivity index (χ0v) is 17.4. The van der Waals surface area contributed by atoms with E-state index in [0.717, 1.165) is 29.7 Å². The van der Waals surface area contributed by atoms with Gasteiger partial charge >= 0.3 is 0 Å². The summed E-state index contributed by atoms with van der Waals surface area (Å²) in [6.07, 6.45) is 0.856. The summed E-state index contributed by atoms with van der Waals surface area (Å²) in [6.45, 7) is 3.56. The van der Waals surface area contributed by atoms with E-state index in [1.165, 1.54) is 11.1 Å². The van der Waals surface area contributed by atoms with Crippen molar-refractivity contribution in [3.63, 3.8) is 0 Å². The van der Waals surface area contributed by atoms with Crippen molar-refractivity contribution < 1.29 is 9.84 Å². The first-order valence-corrected chi connectivity index (χ1v) is 10.0. The summed E-state index contributed by atoms with van der Waals surface area (Å²) in [5.74, 6) is 0.909. The van der Waals surface area contributed by atoms with Gasteiger partial charge in [0.05, 0.1) is 0 Å². The van der Waals surface area contributed by atoms with Crippen LogP contribution in [0.5, 0.6) is 11.5 Å². The van der Waals surface area contributed by atoms with Gasteiger partial charge in [0.1, 0.15) is 18.1 Å². The molecule has 0 fully saturated rings. The molecule has 3 rings (SSSR count). The van der Waals surface area contributed by atoms with Crippen molar-refractivity contribution in [1.82, 2.24) is 4.90 Å². The Labute approximate surface area is 173 Å². The summed E-state index contributed by atoms with van der Waals surface area (Å²) in [4.78, 5) is 2.07. The number of aromatic hydroxyl groups is 1. The summed E-state index contributed by atoms with van der Waals surface area (Å²) < 4.78 is 5.79. The molecule has 0 aliphatic rings. The molecule has 0 aliphatic carbocycles. The molecule has 0 aliphatic heterocycles. The number of nitrogens with zero attached hydrogens (tertiary/aromatic N) is 1. The fourth-order valence-corrected chi connectivity index (χ4v) is 3.42. The van der Waals surface area contributed by atoms with Gasteiger partial charge in [0.2, 0.25) is 0 Å². The van der Waals surface area contributed by atoms with E-state index in [2.05, 4.69) is 48.2 Å². The van der Waals surface area contributed by atoms with Gasteiger partial charge < -0.3 is 14.7 Å². The number of hydrogen-bond acceptors (Lipinski definition) is 3. The molecule has 3 aromatic rings. The highest BCUT2D eigenvalue weighted by Gasteiger charge is 2.16. The van der Waals surface area contributed by atoms with Crippen molar-refractivity contribution in [3.8, 4) is 11.5 Å². The Hall–Kier alpha value is -3.04. The first-order chi connectivity index (χ1) is 14.1. The highest BCUT2D eigenvalue weighted by atomic mass is 16.5. The van der Waals surface area contributed by atoms with Crippen LogP contribution >= 0.6 is 0 Å². The molecule has 0 atom stereocenters. The van der Waals surface area contributed by atoms with E-state index < -0.39 is 0 Å². The highest BCUT2D eigenvalue weighted by molar-refractivity contribution is 5.99. The fraction of sp³-hybridized carbons (Fsp3) is 0.231. The van der Waals surface area contributed by atoms with Gasteiger partial charge in [-0.05, 0) is 54.9 Å². The normalized spacial score (nSPS) is 12.0. The Kier molecular flexibility index (Phi) is 7.09. The van der Waals surface area contributed by atoms with E-state index in [1.807, 2.05) is 50.5 Å². The molecular formula is C26H29NO2. The molecule has 3 aromatic carbocycles. The third kappa shape index (κ3) is 5.27. The molecule has 0 bridgehead atoms. The molecule has 0 saturated carbocycles. The second kappa shape index (κ2) is 9.94. The maximum absolute atomic E-state index is 10.9. The van der Waals surface area contributed by atoms with E-state index in [-0.39, 0.29) is 5.75 Å². The molecule has 150 valence electrons. The topological polar surface area (TPSA) is 32.7 Å². The lowest BCUT2D eigenvalue weighted by atomic mass is 9.88. The van der Waals surface area contributed by atoms with Gasteiger partial charge in [-0.1, -0.05) is 67.6 Å². The summed E-state index contributed by atoms with van der Waals surface area (Å²) in [5, 5.41) is 10.9. The van der Waals surface area contributed by atoms with E-state index in [9.17, 15) is 5.11 Å². The third-order valence-corrected chi connectivity index (χ3v) is 4.89. The van der Waals surface area contributed by atoms with Crippen molar-refractivity contribution in [3.05, 3.63) is 95.6 Å². The largest absolute Gasteiger partial charge is 0.507 e. The molecule has 29 heavy (non-hydrogen) atoms. The Morgan fingerprint density at radius 3 is 2.03 bits per heavy atom. The van der Waals surface area contributed by atoms with Gasteiger partial charge in [0.15, 0.2) is 0 Å². The Morgan fingerprint density at radius 2 is 1.48 bits per heavy atom. The van der Waals surface area contributed by atoms with Crippen LogP contribution in [-0.2, 0) is 0 Å². The standard InChI is InChI=1S/C26H29NO2/c1-4-23(20-11-7-5-8-12-20)26(21-13-9-6-10-14-21)24-16-15-22(19-25(24)28)29-18-17-27(2)3/h5-16,19,28H,4,17-18H2,1-3H3/b26-23-. The van der Waals surface area contributed by atoms with Gasteiger partial charge in [0, 0.05) is 18.2 Å². The minimum atomic E-state index is 0.230. The predicted molar refractivity (Wildman–Crippen MR) is 121 cm³/mol. The number of ether oxygens (including phenoxy) is 1. The summed E-state index contributed by atoms with van der Waals surface area (Å²) in [6, 6.07) is 26.2. The lowest BCUT2D eigenvalue weighted by Gasteiger charge is -2.18. The average Bonchev–Trinajstić information content (AvgIpc) is 2.74. The molecule has 0 unspecified atom stereocenters. The molecule has 0 saturated heterocycles. The van der Waals surface area contributed by atoms with Crippen LogP contribution in [0.4, 0.5) is 0 Å². The summed E-state index contributed by atoms with van der Waals surface area (Å²) in [7, 11) is 4.02. The van der Waals surface area contributed by atoms with Crippen molar-refractivity contribution in [2.24, 2.45) is 0 Å². The van der Waals surface area contributed by atoms with Gasteiger partial charge in [0.25, 0.3) is 0 Å². The lowest BCUT2D eigenvalue weighted by Crippen LogP contribution is -2.19. The Bertz CT molecular complexity index is 947. The van der Waals surface area contributed by atoms with Crippen molar-refractivity contribution in [2.75, 3.05) is 27.2 Å². The van der Waals surface area contributed by atoms with Crippen LogP contribution in [-0.4, -0.2) is 37.3 Å². The van der Waals surface area contributed by atoms with Crippen LogP contribution < -0.4 is 4.74 Å². The van der Waals surface area contributed by atoms with Crippen LogP contribution in [0.25, 0.3) is 11.1 Å². The van der Waals surface area contributed by atoms with Gasteiger partial charge in [-0.15, -0.1) is 0 Å². The van der Waals surface area contributed by atoms with Crippen LogP contribution in [0.1, 0.15) is 30.0 Å². The number of allylic oxidation sites excluding steroid dienone is 1. The molecule has 0 radical (unpaired) electrons. The van der Waals surface area contributed by atoms with Crippen molar-refractivity contribution in [2.45, 2.75) is 13.3 Å². The smallest absolute Gasteiger partial charge is 0.127 e. The Balaban J connectivity index is 2.07. The minimum Gasteiger partial charge on any atom is -0.507 e. The fourth-order valence-electron chi connectivity index (χ4n) is 3.42. The molecule has 0 spiro atoms. The second-order valence-corrected chi connectivity index (χ2v) is 7.27. The first kappa shape index (κ1) is 20.7. The van der Waals surface area contributed by atoms with Crippen LogP contribution in [0, 0.1) is 0 Å². The number of phenols is 1. The molecule has 3 heteroatoms. The second-order valence-electron chi connectivity index (χ2n) is 7.27. The third-order valence-electron chi connectivity index (χ3n) is 4.89. The Morgan fingerprint density at radius 1 is 0.862 bits per heavy atom. The number of rotatable bonds is 8. The molecule has 0 amide bonds. The van der Waals surface area contributed by atoms with Gasteiger partial charge in [-0.2, -0.15) is 0 Å². The van der Waals surface area contributed by atoms with Crippen molar-refractivity contribution >= 4 is 11.1 Å². The van der Waals surface area contributed by atoms with E-state index >= 15 is 0 Å². The van der Waals surface area contributed by atoms with Crippen molar-refractivity contribution in [1.29, 1.82) is 0 Å². The molecular weight excluding hydrogens is 358 g/mol. The maximum Gasteiger partial charge on any atom is 0.127 e. The number of benzene rings is 3. The van der Waals surface area contributed by atoms with Gasteiger partial charge in [-0.25, -0.2) is 0 Å². The number of likely N-dealkylation sites (N-methyl/N-ethyl adjacent to an activating group) is 1. The average molecular weight is 388 g/mol.